The van der Waals surface area contributed by atoms with E-state index < -0.39 is 0 Å². The number of benzene rings is 2. The highest BCUT2D eigenvalue weighted by Gasteiger charge is 2.20. The van der Waals surface area contributed by atoms with Crippen molar-refractivity contribution in [2.75, 3.05) is 19.7 Å². The Morgan fingerprint density at radius 1 is 0.935 bits per heavy atom. The first kappa shape index (κ1) is 20.9. The van der Waals surface area contributed by atoms with Gasteiger partial charge in [-0.3, -0.25) is 9.59 Å². The van der Waals surface area contributed by atoms with Crippen molar-refractivity contribution in [2.24, 2.45) is 0 Å². The third-order valence-electron chi connectivity index (χ3n) is 5.92. The highest BCUT2D eigenvalue weighted by Crippen LogP contribution is 2.20. The van der Waals surface area contributed by atoms with Crippen molar-refractivity contribution in [3.63, 3.8) is 0 Å². The van der Waals surface area contributed by atoms with E-state index in [1.165, 1.54) is 5.56 Å². The molecule has 0 N–H and O–H groups in total. The molecule has 0 atom stereocenters. The van der Waals surface area contributed by atoms with Gasteiger partial charge in [0.15, 0.2) is 6.61 Å². The zero-order valence-corrected chi connectivity index (χ0v) is 18.1. The summed E-state index contributed by atoms with van der Waals surface area (Å²) in [5.74, 6) is 0.597. The number of Topliss-reactive ketones (excluding diaryl/α,β-unsaturated/α-hetero) is 1. The number of hydrogen-bond acceptors (Lipinski definition) is 3. The minimum Gasteiger partial charge on any atom is -0.485 e. The number of aryl methyl sites for hydroxylation is 1. The normalized spacial score (nSPS) is 13.4. The van der Waals surface area contributed by atoms with Gasteiger partial charge in [-0.15, -0.1) is 0 Å². The molecule has 1 aliphatic heterocycles. The summed E-state index contributed by atoms with van der Waals surface area (Å²) in [5, 5.41) is 0. The fourth-order valence-electron chi connectivity index (χ4n) is 4.12. The molecule has 2 heterocycles. The van der Waals surface area contributed by atoms with Crippen LogP contribution in [0.5, 0.6) is 5.75 Å². The number of likely N-dealkylation sites (tertiary alicyclic amines) is 1. The third-order valence-corrected chi connectivity index (χ3v) is 5.92. The number of carbonyl (C=O) groups excluding carboxylic acids is 2. The highest BCUT2D eigenvalue weighted by atomic mass is 16.5. The lowest BCUT2D eigenvalue weighted by atomic mass is 10.1. The summed E-state index contributed by atoms with van der Waals surface area (Å²) in [7, 11) is 0. The van der Waals surface area contributed by atoms with Crippen LogP contribution in [0.15, 0.2) is 60.7 Å². The van der Waals surface area contributed by atoms with Crippen LogP contribution >= 0.6 is 0 Å². The van der Waals surface area contributed by atoms with Crippen LogP contribution in [-0.2, 0) is 6.54 Å². The molecule has 0 bridgehead atoms. The maximum atomic E-state index is 12.8. The van der Waals surface area contributed by atoms with Crippen LogP contribution in [-0.4, -0.2) is 40.9 Å². The van der Waals surface area contributed by atoms with E-state index >= 15 is 0 Å². The van der Waals surface area contributed by atoms with Crippen molar-refractivity contribution in [3.8, 4) is 5.75 Å². The van der Waals surface area contributed by atoms with E-state index in [0.717, 1.165) is 43.9 Å². The van der Waals surface area contributed by atoms with Crippen LogP contribution in [0.2, 0.25) is 0 Å². The molecule has 0 radical (unpaired) electrons. The summed E-state index contributed by atoms with van der Waals surface area (Å²) in [6, 6.07) is 19.2. The molecule has 0 spiro atoms. The predicted molar refractivity (Wildman–Crippen MR) is 121 cm³/mol. The van der Waals surface area contributed by atoms with Gasteiger partial charge in [0.2, 0.25) is 5.78 Å². The van der Waals surface area contributed by atoms with Gasteiger partial charge in [-0.05, 0) is 62.6 Å². The molecule has 1 saturated heterocycles. The van der Waals surface area contributed by atoms with E-state index in [0.29, 0.717) is 16.9 Å². The summed E-state index contributed by atoms with van der Waals surface area (Å²) in [4.78, 5) is 27.1. The van der Waals surface area contributed by atoms with Crippen molar-refractivity contribution in [1.82, 2.24) is 9.47 Å². The van der Waals surface area contributed by atoms with Crippen molar-refractivity contribution in [1.29, 1.82) is 0 Å². The van der Waals surface area contributed by atoms with Gasteiger partial charge >= 0.3 is 0 Å². The summed E-state index contributed by atoms with van der Waals surface area (Å²) in [6.07, 6.45) is 2.14. The molecule has 3 aromatic rings. The average Bonchev–Trinajstić information content (AvgIpc) is 3.43. The van der Waals surface area contributed by atoms with E-state index in [1.54, 1.807) is 24.3 Å². The standard InChI is InChI=1S/C26H28N2O3/c1-19-16-24(20(2)28(19)17-21-8-4-3-5-9-21)25(29)18-31-23-12-10-22(11-13-23)26(30)27-14-6-7-15-27/h3-5,8-13,16H,6-7,14-15,17-18H2,1-2H3. The average molecular weight is 417 g/mol. The first-order chi connectivity index (χ1) is 15.0. The Bertz CT molecular complexity index is 1060. The monoisotopic (exact) mass is 416 g/mol. The number of amides is 1. The number of aromatic nitrogens is 1. The minimum absolute atomic E-state index is 0.0327. The van der Waals surface area contributed by atoms with E-state index in [1.807, 2.05) is 43.0 Å². The second-order valence-electron chi connectivity index (χ2n) is 8.09. The van der Waals surface area contributed by atoms with Crippen LogP contribution < -0.4 is 4.74 Å². The molecule has 0 saturated carbocycles. The zero-order valence-electron chi connectivity index (χ0n) is 18.1. The van der Waals surface area contributed by atoms with Gasteiger partial charge in [0.1, 0.15) is 5.75 Å². The van der Waals surface area contributed by atoms with Crippen LogP contribution in [0.25, 0.3) is 0 Å². The Labute approximate surface area is 183 Å². The van der Waals surface area contributed by atoms with Gasteiger partial charge in [0.25, 0.3) is 5.91 Å². The highest BCUT2D eigenvalue weighted by molar-refractivity contribution is 5.98. The lowest BCUT2D eigenvalue weighted by Gasteiger charge is -2.15. The van der Waals surface area contributed by atoms with Gasteiger partial charge in [-0.1, -0.05) is 30.3 Å². The summed E-state index contributed by atoms with van der Waals surface area (Å²) in [6.45, 7) is 6.35. The summed E-state index contributed by atoms with van der Waals surface area (Å²) in [5.41, 5.74) is 4.54. The first-order valence-electron chi connectivity index (χ1n) is 10.8. The first-order valence-corrected chi connectivity index (χ1v) is 10.8. The Balaban J connectivity index is 1.38. The van der Waals surface area contributed by atoms with E-state index in [4.69, 9.17) is 4.74 Å². The number of ether oxygens (including phenoxy) is 1. The fourth-order valence-corrected chi connectivity index (χ4v) is 4.12. The molecule has 1 fully saturated rings. The molecule has 31 heavy (non-hydrogen) atoms. The Morgan fingerprint density at radius 2 is 1.61 bits per heavy atom. The molecule has 1 aromatic heterocycles. The molecule has 0 unspecified atom stereocenters. The van der Waals surface area contributed by atoms with Crippen molar-refractivity contribution < 1.29 is 14.3 Å². The number of nitrogens with zero attached hydrogens (tertiary/aromatic N) is 2. The van der Waals surface area contributed by atoms with Crippen LogP contribution in [0.4, 0.5) is 0 Å². The van der Waals surface area contributed by atoms with E-state index in [-0.39, 0.29) is 18.3 Å². The lowest BCUT2D eigenvalue weighted by molar-refractivity contribution is 0.0792. The smallest absolute Gasteiger partial charge is 0.253 e. The molecule has 1 aliphatic rings. The van der Waals surface area contributed by atoms with Gasteiger partial charge < -0.3 is 14.2 Å². The van der Waals surface area contributed by atoms with Gasteiger partial charge in [-0.2, -0.15) is 0 Å². The predicted octanol–water partition coefficient (Wildman–Crippen LogP) is 4.65. The fraction of sp³-hybridized carbons (Fsp3) is 0.308. The number of carbonyl (C=O) groups is 2. The Morgan fingerprint density at radius 3 is 2.29 bits per heavy atom. The molecule has 5 nitrogen and oxygen atoms in total. The molecular weight excluding hydrogens is 388 g/mol. The van der Waals surface area contributed by atoms with Crippen molar-refractivity contribution in [3.05, 3.63) is 88.7 Å². The van der Waals surface area contributed by atoms with Gasteiger partial charge in [0.05, 0.1) is 0 Å². The maximum absolute atomic E-state index is 12.8. The molecule has 5 heteroatoms. The molecule has 0 aliphatic carbocycles. The van der Waals surface area contributed by atoms with Gasteiger partial charge in [0, 0.05) is 42.1 Å². The van der Waals surface area contributed by atoms with E-state index in [9.17, 15) is 9.59 Å². The van der Waals surface area contributed by atoms with Crippen molar-refractivity contribution >= 4 is 11.7 Å². The second-order valence-corrected chi connectivity index (χ2v) is 8.09. The summed E-state index contributed by atoms with van der Waals surface area (Å²) >= 11 is 0. The summed E-state index contributed by atoms with van der Waals surface area (Å²) < 4.78 is 7.88. The Kier molecular flexibility index (Phi) is 6.21. The minimum atomic E-state index is -0.0513. The number of hydrogen-bond donors (Lipinski definition) is 0. The molecule has 160 valence electrons. The quantitative estimate of drug-likeness (QED) is 0.527. The third kappa shape index (κ3) is 4.71. The molecule has 2 aromatic carbocycles. The topological polar surface area (TPSA) is 51.5 Å². The van der Waals surface area contributed by atoms with Crippen molar-refractivity contribution in [2.45, 2.75) is 33.2 Å². The van der Waals surface area contributed by atoms with E-state index in [2.05, 4.69) is 16.7 Å². The molecular formula is C26H28N2O3. The van der Waals surface area contributed by atoms with Crippen LogP contribution in [0.3, 0.4) is 0 Å². The number of rotatable bonds is 7. The maximum Gasteiger partial charge on any atom is 0.253 e. The number of ketones is 1. The molecule has 1 amide bonds. The Hall–Kier alpha value is -3.34. The second kappa shape index (κ2) is 9.21. The SMILES string of the molecule is Cc1cc(C(=O)COc2ccc(C(=O)N3CCCC3)cc2)c(C)n1Cc1ccccc1. The zero-order chi connectivity index (χ0) is 21.8. The molecule has 4 rings (SSSR count). The van der Waals surface area contributed by atoms with Crippen LogP contribution in [0, 0.1) is 13.8 Å². The van der Waals surface area contributed by atoms with Gasteiger partial charge in [-0.25, -0.2) is 0 Å². The lowest BCUT2D eigenvalue weighted by Crippen LogP contribution is -2.27. The van der Waals surface area contributed by atoms with Crippen LogP contribution in [0.1, 0.15) is 50.5 Å². The largest absolute Gasteiger partial charge is 0.485 e.